The fourth-order valence-corrected chi connectivity index (χ4v) is 1.89. The molecule has 1 aliphatic rings. The van der Waals surface area contributed by atoms with Gasteiger partial charge in [-0.15, -0.1) is 0 Å². The van der Waals surface area contributed by atoms with Crippen molar-refractivity contribution < 1.29 is 18.1 Å². The van der Waals surface area contributed by atoms with Gasteiger partial charge in [-0.2, -0.15) is 4.98 Å². The van der Waals surface area contributed by atoms with Gasteiger partial charge in [-0.25, -0.2) is 4.98 Å². The number of anilines is 2. The van der Waals surface area contributed by atoms with Crippen molar-refractivity contribution in [2.45, 2.75) is 64.5 Å². The van der Waals surface area contributed by atoms with Crippen molar-refractivity contribution in [2.75, 3.05) is 10.6 Å². The maximum absolute atomic E-state index is 11.8. The number of aliphatic hydroxyl groups excluding tert-OH is 1. The summed E-state index contributed by atoms with van der Waals surface area (Å²) in [5.74, 6) is -3.29. The molecule has 5 N–H and O–H groups in total. The Morgan fingerprint density at radius 1 is 1.57 bits per heavy atom. The minimum Gasteiger partial charge on any atom is -0.393 e. The first kappa shape index (κ1) is 10.8. The highest BCUT2D eigenvalue weighted by Gasteiger charge is 2.27. The summed E-state index contributed by atoms with van der Waals surface area (Å²) in [6, 6.07) is -2.43. The zero-order chi connectivity index (χ0) is 22.6. The Labute approximate surface area is 145 Å². The molecule has 0 radical (unpaired) electrons. The van der Waals surface area contributed by atoms with Gasteiger partial charge in [-0.3, -0.25) is 4.79 Å². The maximum atomic E-state index is 11.8. The smallest absolute Gasteiger partial charge is 0.254 e. The quantitative estimate of drug-likeness (QED) is 0.670. The van der Waals surface area contributed by atoms with E-state index < -0.39 is 48.6 Å². The molecule has 5 atom stereocenters. The van der Waals surface area contributed by atoms with Gasteiger partial charge in [0.05, 0.1) is 13.0 Å². The number of hydrogen-bond acceptors (Lipinski definition) is 6. The summed E-state index contributed by atoms with van der Waals surface area (Å²) >= 11 is 0. The van der Waals surface area contributed by atoms with Crippen LogP contribution in [0.5, 0.6) is 0 Å². The lowest BCUT2D eigenvalue weighted by Crippen LogP contribution is -2.36. The Morgan fingerprint density at radius 2 is 2.26 bits per heavy atom. The highest BCUT2D eigenvalue weighted by molar-refractivity contribution is 5.97. The monoisotopic (exact) mass is 327 g/mol. The first-order chi connectivity index (χ1) is 12.9. The van der Waals surface area contributed by atoms with Crippen molar-refractivity contribution >= 4 is 17.7 Å². The van der Waals surface area contributed by atoms with Gasteiger partial charge < -0.3 is 21.5 Å². The Morgan fingerprint density at radius 3 is 2.87 bits per heavy atom. The minimum absolute atomic E-state index is 0.0846. The minimum atomic E-state index is -2.65. The summed E-state index contributed by atoms with van der Waals surface area (Å²) in [6.45, 7) is 6.62. The Hall–Kier alpha value is -1.89. The van der Waals surface area contributed by atoms with Crippen LogP contribution in [0.4, 0.5) is 11.8 Å². The summed E-state index contributed by atoms with van der Waals surface area (Å²) in [5.41, 5.74) is 4.69. The first-order valence-electron chi connectivity index (χ1n) is 10.4. The molecular formula is C16H27N5O2. The van der Waals surface area contributed by atoms with Crippen LogP contribution in [0.2, 0.25) is 0 Å². The molecule has 1 aromatic heterocycles. The zero-order valence-corrected chi connectivity index (χ0v) is 13.6. The Bertz CT molecular complexity index is 802. The summed E-state index contributed by atoms with van der Waals surface area (Å²) in [6.07, 6.45) is -7.15. The van der Waals surface area contributed by atoms with Crippen LogP contribution in [0.3, 0.4) is 0 Å². The van der Waals surface area contributed by atoms with Crippen LogP contribution in [-0.4, -0.2) is 38.6 Å². The van der Waals surface area contributed by atoms with E-state index in [2.05, 4.69) is 20.6 Å². The van der Waals surface area contributed by atoms with Gasteiger partial charge >= 0.3 is 0 Å². The van der Waals surface area contributed by atoms with E-state index in [0.717, 1.165) is 13.1 Å². The maximum Gasteiger partial charge on any atom is 0.254 e. The number of amides is 1. The fourth-order valence-electron chi connectivity index (χ4n) is 1.89. The van der Waals surface area contributed by atoms with Crippen molar-refractivity contribution in [2.24, 2.45) is 11.6 Å². The van der Waals surface area contributed by atoms with Gasteiger partial charge in [0.25, 0.3) is 5.91 Å². The number of aliphatic hydroxyl groups is 1. The molecule has 1 amide bonds. The molecular weight excluding hydrogens is 294 g/mol. The van der Waals surface area contributed by atoms with Crippen LogP contribution in [0.1, 0.15) is 65.4 Å². The van der Waals surface area contributed by atoms with E-state index in [1.54, 1.807) is 0 Å². The van der Waals surface area contributed by atoms with Crippen molar-refractivity contribution in [3.63, 3.8) is 0 Å². The molecule has 2 rings (SSSR count). The van der Waals surface area contributed by atoms with Gasteiger partial charge in [0.1, 0.15) is 5.82 Å². The molecule has 0 bridgehead atoms. The molecule has 1 saturated carbocycles. The van der Waals surface area contributed by atoms with Crippen LogP contribution in [0, 0.1) is 5.89 Å². The molecule has 0 aromatic carbocycles. The second-order valence-electron chi connectivity index (χ2n) is 6.36. The molecule has 7 nitrogen and oxygen atoms in total. The number of carbonyl (C=O) groups is 1. The first-order valence-corrected chi connectivity index (χ1v) is 7.21. The molecule has 7 heteroatoms. The summed E-state index contributed by atoms with van der Waals surface area (Å²) in [5, 5.41) is 15.8. The lowest BCUT2D eigenvalue weighted by molar-refractivity contribution is 0.0739. The standard InChI is InChI=1S/C16H27N5O2/c1-9-5-6-10(7-12(9)22)19-14-11(13(17)23)8-18-15(20-14)21-16(2,3)4/h8-10,12,22H,5-7H2,1-4H3,(H2,17,23)(H2,18,19,20,21)/i5D2,6D,7D,9D,10D. The van der Waals surface area contributed by atoms with Gasteiger partial charge in [0.15, 0.2) is 0 Å². The number of rotatable bonds is 4. The predicted octanol–water partition coefficient (Wildman–Crippen LogP) is 1.75. The third-order valence-corrected chi connectivity index (χ3v) is 3.04. The van der Waals surface area contributed by atoms with Gasteiger partial charge in [0, 0.05) is 24.6 Å². The molecule has 0 aliphatic heterocycles. The topological polar surface area (TPSA) is 113 Å². The van der Waals surface area contributed by atoms with E-state index in [0.29, 0.717) is 0 Å². The van der Waals surface area contributed by atoms with Gasteiger partial charge in [-0.1, -0.05) is 6.92 Å². The van der Waals surface area contributed by atoms with E-state index >= 15 is 0 Å². The molecule has 128 valence electrons. The zero-order valence-electron chi connectivity index (χ0n) is 19.6. The average molecular weight is 327 g/mol. The second-order valence-corrected chi connectivity index (χ2v) is 6.36. The van der Waals surface area contributed by atoms with E-state index in [-0.39, 0.29) is 17.3 Å². The SMILES string of the molecule is [2H]C1C(O)C([2H])(C)C([2H])([2H])C([2H])C1([2H])Nc1nc(NC(C)(C)C)ncc1C(N)=O. The number of hydrogen-bond donors (Lipinski definition) is 4. The van der Waals surface area contributed by atoms with Crippen LogP contribution >= 0.6 is 0 Å². The number of nitrogens with one attached hydrogen (secondary N) is 2. The lowest BCUT2D eigenvalue weighted by Gasteiger charge is -2.32. The van der Waals surface area contributed by atoms with E-state index in [4.69, 9.17) is 14.0 Å². The molecule has 1 aliphatic carbocycles. The van der Waals surface area contributed by atoms with Gasteiger partial charge in [-0.05, 0) is 45.8 Å². The average Bonchev–Trinajstić information content (AvgIpc) is 2.56. The summed E-state index contributed by atoms with van der Waals surface area (Å²) < 4.78 is 49.5. The third kappa shape index (κ3) is 4.79. The number of carbonyl (C=O) groups excluding carboxylic acids is 1. The molecule has 0 saturated heterocycles. The molecule has 23 heavy (non-hydrogen) atoms. The lowest BCUT2D eigenvalue weighted by atomic mass is 9.85. The predicted molar refractivity (Wildman–Crippen MR) is 90.4 cm³/mol. The number of aromatic nitrogens is 2. The van der Waals surface area contributed by atoms with Crippen molar-refractivity contribution in [1.29, 1.82) is 0 Å². The number of primary amides is 1. The van der Waals surface area contributed by atoms with Crippen LogP contribution in [-0.2, 0) is 0 Å². The number of nitrogens with zero attached hydrogens (tertiary/aromatic N) is 2. The summed E-state index contributed by atoms with van der Waals surface area (Å²) in [7, 11) is 0. The third-order valence-electron chi connectivity index (χ3n) is 3.04. The van der Waals surface area contributed by atoms with Crippen LogP contribution < -0.4 is 16.4 Å². The van der Waals surface area contributed by atoms with Gasteiger partial charge in [0.2, 0.25) is 5.95 Å². The van der Waals surface area contributed by atoms with E-state index in [9.17, 15) is 9.90 Å². The Kier molecular flexibility index (Phi) is 3.15. The molecule has 1 aromatic rings. The van der Waals surface area contributed by atoms with Crippen LogP contribution in [0.25, 0.3) is 0 Å². The largest absolute Gasteiger partial charge is 0.393 e. The normalized spacial score (nSPS) is 43.8. The van der Waals surface area contributed by atoms with Crippen molar-refractivity contribution in [1.82, 2.24) is 9.97 Å². The summed E-state index contributed by atoms with van der Waals surface area (Å²) in [4.78, 5) is 19.9. The highest BCUT2D eigenvalue weighted by atomic mass is 16.3. The number of nitrogens with two attached hydrogens (primary N) is 1. The molecule has 5 unspecified atom stereocenters. The highest BCUT2D eigenvalue weighted by Crippen LogP contribution is 2.27. The Balaban J connectivity index is 2.55. The van der Waals surface area contributed by atoms with Crippen molar-refractivity contribution in [3.8, 4) is 0 Å². The van der Waals surface area contributed by atoms with E-state index in [1.807, 2.05) is 20.8 Å². The molecule has 0 spiro atoms. The second kappa shape index (κ2) is 6.70. The molecule has 1 heterocycles. The van der Waals surface area contributed by atoms with E-state index in [1.165, 1.54) is 0 Å². The van der Waals surface area contributed by atoms with Crippen molar-refractivity contribution in [3.05, 3.63) is 11.8 Å². The fraction of sp³-hybridized carbons (Fsp3) is 0.688. The molecule has 1 fully saturated rings. The van der Waals surface area contributed by atoms with Crippen LogP contribution in [0.15, 0.2) is 6.20 Å².